The van der Waals surface area contributed by atoms with Gasteiger partial charge in [-0.1, -0.05) is 26.0 Å². The number of likely N-dealkylation sites (N-methyl/N-ethyl adjacent to an activating group) is 1. The predicted octanol–water partition coefficient (Wildman–Crippen LogP) is 2.57. The number of imide groups is 1. The average Bonchev–Trinajstić information content (AvgIpc) is 3.14. The molecule has 29 heavy (non-hydrogen) atoms. The highest BCUT2D eigenvalue weighted by molar-refractivity contribution is 6.22. The number of rotatable bonds is 6. The number of carboxylic acid groups (broad SMARTS) is 1. The van der Waals surface area contributed by atoms with Crippen molar-refractivity contribution in [2.24, 2.45) is 5.92 Å². The number of aryl methyl sites for hydroxylation is 1. The molecule has 1 N–H and O–H groups in total. The topological polar surface area (TPSA) is 108 Å². The van der Waals surface area contributed by atoms with Gasteiger partial charge in [0.25, 0.3) is 11.8 Å². The van der Waals surface area contributed by atoms with Gasteiger partial charge < -0.3 is 14.4 Å². The van der Waals surface area contributed by atoms with Crippen LogP contribution < -0.4 is 0 Å². The molecular weight excluding hydrogens is 376 g/mol. The smallest absolute Gasteiger partial charge is 0.339 e. The molecule has 1 aliphatic heterocycles. The molecule has 0 radical (unpaired) electrons. The lowest BCUT2D eigenvalue weighted by molar-refractivity contribution is -0.136. The van der Waals surface area contributed by atoms with Crippen molar-refractivity contribution in [2.75, 3.05) is 7.05 Å². The molecule has 152 valence electrons. The Labute approximate surface area is 167 Å². The molecule has 1 aromatic carbocycles. The summed E-state index contributed by atoms with van der Waals surface area (Å²) in [6.07, 6.45) is 0. The van der Waals surface area contributed by atoms with E-state index in [9.17, 15) is 19.2 Å². The summed E-state index contributed by atoms with van der Waals surface area (Å²) in [6.45, 7) is 5.07. The monoisotopic (exact) mass is 398 g/mol. The Morgan fingerprint density at radius 3 is 2.14 bits per heavy atom. The van der Waals surface area contributed by atoms with Crippen LogP contribution in [0.3, 0.4) is 0 Å². The zero-order valence-corrected chi connectivity index (χ0v) is 16.6. The van der Waals surface area contributed by atoms with Crippen LogP contribution in [0.1, 0.15) is 56.4 Å². The molecule has 2 aromatic rings. The fourth-order valence-electron chi connectivity index (χ4n) is 3.53. The fourth-order valence-corrected chi connectivity index (χ4v) is 3.53. The highest BCUT2D eigenvalue weighted by Gasteiger charge is 2.44. The second-order valence-electron chi connectivity index (χ2n) is 7.40. The quantitative estimate of drug-likeness (QED) is 0.749. The van der Waals surface area contributed by atoms with Crippen molar-refractivity contribution in [3.63, 3.8) is 0 Å². The van der Waals surface area contributed by atoms with Gasteiger partial charge in [-0.05, 0) is 31.0 Å². The maximum Gasteiger partial charge on any atom is 0.339 e. The Balaban J connectivity index is 1.85. The summed E-state index contributed by atoms with van der Waals surface area (Å²) in [6, 6.07) is 6.87. The molecule has 1 unspecified atom stereocenters. The van der Waals surface area contributed by atoms with E-state index in [0.29, 0.717) is 5.76 Å². The Hall–Kier alpha value is -3.42. The highest BCUT2D eigenvalue weighted by Crippen LogP contribution is 2.28. The summed E-state index contributed by atoms with van der Waals surface area (Å²) in [7, 11) is 1.52. The highest BCUT2D eigenvalue weighted by atomic mass is 16.4. The lowest BCUT2D eigenvalue weighted by Gasteiger charge is -2.31. The number of aromatic carboxylic acids is 1. The number of carboxylic acids is 1. The number of benzene rings is 1. The first kappa shape index (κ1) is 20.3. The van der Waals surface area contributed by atoms with Crippen LogP contribution in [0.25, 0.3) is 0 Å². The van der Waals surface area contributed by atoms with Crippen molar-refractivity contribution in [3.05, 3.63) is 58.5 Å². The van der Waals surface area contributed by atoms with E-state index in [1.165, 1.54) is 24.9 Å². The van der Waals surface area contributed by atoms with Crippen molar-refractivity contribution in [3.8, 4) is 0 Å². The lowest BCUT2D eigenvalue weighted by atomic mass is 10.0. The number of fused-ring (bicyclic) bond motifs is 1. The molecule has 1 aromatic heterocycles. The van der Waals surface area contributed by atoms with Crippen molar-refractivity contribution < 1.29 is 28.7 Å². The maximum atomic E-state index is 13.2. The average molecular weight is 398 g/mol. The Morgan fingerprint density at radius 1 is 1.14 bits per heavy atom. The summed E-state index contributed by atoms with van der Waals surface area (Å²) in [5, 5.41) is 9.15. The van der Waals surface area contributed by atoms with E-state index in [0.717, 1.165) is 4.90 Å². The molecule has 3 rings (SSSR count). The molecule has 0 saturated heterocycles. The second kappa shape index (κ2) is 7.54. The summed E-state index contributed by atoms with van der Waals surface area (Å²) in [5.41, 5.74) is 0.597. The summed E-state index contributed by atoms with van der Waals surface area (Å²) in [4.78, 5) is 52.3. The van der Waals surface area contributed by atoms with Gasteiger partial charge in [-0.2, -0.15) is 0 Å². The van der Waals surface area contributed by atoms with Crippen LogP contribution in [-0.4, -0.2) is 51.7 Å². The van der Waals surface area contributed by atoms with Crippen molar-refractivity contribution in [1.82, 2.24) is 9.80 Å². The number of furan rings is 1. The van der Waals surface area contributed by atoms with E-state index in [2.05, 4.69) is 0 Å². The fraction of sp³-hybridized carbons (Fsp3) is 0.333. The van der Waals surface area contributed by atoms with Gasteiger partial charge >= 0.3 is 5.97 Å². The third kappa shape index (κ3) is 3.53. The normalized spacial score (nSPS) is 14.3. The Morgan fingerprint density at radius 2 is 1.69 bits per heavy atom. The standard InChI is InChI=1S/C21H22N2O6/c1-11(2)17(23-18(24)14-7-5-6-8-15(14)19(23)25)20(26)22(4)10-13-9-16(21(27)28)12(3)29-13/h5-9,11,17H,10H2,1-4H3,(H,27,28). The lowest BCUT2D eigenvalue weighted by Crippen LogP contribution is -2.52. The maximum absolute atomic E-state index is 13.2. The SMILES string of the molecule is Cc1oc(CN(C)C(=O)C(C(C)C)N2C(=O)c3ccccc3C2=O)cc1C(=O)O. The second-order valence-corrected chi connectivity index (χ2v) is 7.40. The predicted molar refractivity (Wildman–Crippen MR) is 102 cm³/mol. The van der Waals surface area contributed by atoms with Crippen LogP contribution >= 0.6 is 0 Å². The van der Waals surface area contributed by atoms with Crippen molar-refractivity contribution >= 4 is 23.7 Å². The number of hydrogen-bond donors (Lipinski definition) is 1. The molecule has 2 heterocycles. The zero-order valence-electron chi connectivity index (χ0n) is 16.6. The number of nitrogens with zero attached hydrogens (tertiary/aromatic N) is 2. The van der Waals surface area contributed by atoms with E-state index in [4.69, 9.17) is 9.52 Å². The van der Waals surface area contributed by atoms with Gasteiger partial charge in [0.2, 0.25) is 5.91 Å². The van der Waals surface area contributed by atoms with Crippen molar-refractivity contribution in [1.29, 1.82) is 0 Å². The van der Waals surface area contributed by atoms with Crippen LogP contribution in [-0.2, 0) is 11.3 Å². The van der Waals surface area contributed by atoms with Gasteiger partial charge in [-0.3, -0.25) is 19.3 Å². The minimum Gasteiger partial charge on any atom is -0.478 e. The molecule has 0 bridgehead atoms. The molecule has 0 aliphatic carbocycles. The third-order valence-electron chi connectivity index (χ3n) is 4.96. The van der Waals surface area contributed by atoms with E-state index in [1.807, 2.05) is 0 Å². The number of hydrogen-bond acceptors (Lipinski definition) is 5. The number of carbonyl (C=O) groups is 4. The van der Waals surface area contributed by atoms with Crippen LogP contribution in [0.5, 0.6) is 0 Å². The Bertz CT molecular complexity index is 971. The number of amides is 3. The van der Waals surface area contributed by atoms with E-state index in [1.54, 1.807) is 38.1 Å². The molecule has 8 nitrogen and oxygen atoms in total. The minimum atomic E-state index is -1.11. The molecule has 1 atom stereocenters. The molecule has 0 fully saturated rings. The third-order valence-corrected chi connectivity index (χ3v) is 4.96. The molecule has 8 heteroatoms. The van der Waals surface area contributed by atoms with E-state index >= 15 is 0 Å². The first-order chi connectivity index (χ1) is 13.6. The molecule has 0 saturated carbocycles. The number of carbonyl (C=O) groups excluding carboxylic acids is 3. The molecule has 3 amide bonds. The van der Waals surface area contributed by atoms with Gasteiger partial charge in [0.15, 0.2) is 0 Å². The largest absolute Gasteiger partial charge is 0.478 e. The van der Waals surface area contributed by atoms with E-state index in [-0.39, 0.29) is 34.9 Å². The molecule has 0 spiro atoms. The molecular formula is C21H22N2O6. The van der Waals surface area contributed by atoms with Crippen LogP contribution in [0, 0.1) is 12.8 Å². The minimum absolute atomic E-state index is 0.0132. The summed E-state index contributed by atoms with van der Waals surface area (Å²) in [5.74, 6) is -2.30. The first-order valence-electron chi connectivity index (χ1n) is 9.18. The van der Waals surface area contributed by atoms with E-state index < -0.39 is 29.7 Å². The first-order valence-corrected chi connectivity index (χ1v) is 9.18. The summed E-state index contributed by atoms with van der Waals surface area (Å²) >= 11 is 0. The Kier molecular flexibility index (Phi) is 5.28. The molecule has 1 aliphatic rings. The summed E-state index contributed by atoms with van der Waals surface area (Å²) < 4.78 is 5.43. The van der Waals surface area contributed by atoms with Gasteiger partial charge in [-0.25, -0.2) is 4.79 Å². The van der Waals surface area contributed by atoms with Crippen LogP contribution in [0.4, 0.5) is 0 Å². The van der Waals surface area contributed by atoms with Crippen molar-refractivity contribution in [2.45, 2.75) is 33.4 Å². The van der Waals surface area contributed by atoms with Crippen LogP contribution in [0.15, 0.2) is 34.7 Å². The van der Waals surface area contributed by atoms with Gasteiger partial charge in [0.1, 0.15) is 23.1 Å². The zero-order chi connectivity index (χ0) is 21.5. The van der Waals surface area contributed by atoms with Gasteiger partial charge in [0, 0.05) is 7.05 Å². The van der Waals surface area contributed by atoms with Gasteiger partial charge in [0.05, 0.1) is 17.7 Å². The van der Waals surface area contributed by atoms with Gasteiger partial charge in [-0.15, -0.1) is 0 Å². The van der Waals surface area contributed by atoms with Crippen LogP contribution in [0.2, 0.25) is 0 Å².